The van der Waals surface area contributed by atoms with Crippen LogP contribution in [0.5, 0.6) is 5.75 Å². The predicted molar refractivity (Wildman–Crippen MR) is 163 cm³/mol. The van der Waals surface area contributed by atoms with E-state index in [1.165, 1.54) is 6.07 Å². The van der Waals surface area contributed by atoms with Crippen molar-refractivity contribution in [1.29, 1.82) is 0 Å². The van der Waals surface area contributed by atoms with Gasteiger partial charge in [-0.25, -0.2) is 4.79 Å². The number of hydrogen-bond donors (Lipinski definition) is 5. The van der Waals surface area contributed by atoms with E-state index in [4.69, 9.17) is 25.4 Å². The third-order valence-corrected chi connectivity index (χ3v) is 5.05. The lowest BCUT2D eigenvalue weighted by Crippen LogP contribution is -2.34. The van der Waals surface area contributed by atoms with Gasteiger partial charge in [0, 0.05) is 31.6 Å². The molecule has 39 heavy (non-hydrogen) atoms. The maximum atomic E-state index is 11.2. The van der Waals surface area contributed by atoms with Crippen molar-refractivity contribution >= 4 is 5.97 Å². The van der Waals surface area contributed by atoms with Gasteiger partial charge in [-0.05, 0) is 65.3 Å². The molecule has 6 N–H and O–H groups in total. The van der Waals surface area contributed by atoms with Crippen LogP contribution in [-0.2, 0) is 4.74 Å². The van der Waals surface area contributed by atoms with E-state index < -0.39 is 12.3 Å². The Hall–Kier alpha value is -2.77. The van der Waals surface area contributed by atoms with Crippen LogP contribution in [0.25, 0.3) is 0 Å². The summed E-state index contributed by atoms with van der Waals surface area (Å²) in [6, 6.07) is 6.91. The van der Waals surface area contributed by atoms with Gasteiger partial charge in [0.25, 0.3) is 0 Å². The van der Waals surface area contributed by atoms with Gasteiger partial charge < -0.3 is 40.7 Å². The molecule has 1 rings (SSSR count). The normalized spacial score (nSPS) is 12.3. The summed E-state index contributed by atoms with van der Waals surface area (Å²) in [5.74, 6) is -0.651. The smallest absolute Gasteiger partial charge is 0.339 e. The molecule has 1 aromatic carbocycles. The number of nitrogens with zero attached hydrogens (tertiary/aromatic N) is 1. The summed E-state index contributed by atoms with van der Waals surface area (Å²) in [5, 5.41) is 28.8. The zero-order chi connectivity index (χ0) is 31.2. The van der Waals surface area contributed by atoms with Crippen LogP contribution in [-0.4, -0.2) is 78.5 Å². The number of para-hydroxylation sites is 1. The fourth-order valence-electron chi connectivity index (χ4n) is 3.10. The van der Waals surface area contributed by atoms with Gasteiger partial charge in [-0.1, -0.05) is 46.8 Å². The number of hydrogen-bond acceptors (Lipinski definition) is 8. The molecule has 0 heterocycles. The van der Waals surface area contributed by atoms with Gasteiger partial charge >= 0.3 is 5.97 Å². The van der Waals surface area contributed by atoms with Crippen molar-refractivity contribution in [3.63, 3.8) is 0 Å². The lowest BCUT2D eigenvalue weighted by Gasteiger charge is -2.28. The first-order valence-electron chi connectivity index (χ1n) is 13.7. The first-order chi connectivity index (χ1) is 18.7. The molecule has 9 heteroatoms. The van der Waals surface area contributed by atoms with Crippen LogP contribution in [0.1, 0.15) is 84.5 Å². The summed E-state index contributed by atoms with van der Waals surface area (Å²) in [5.41, 5.74) is 6.97. The Labute approximate surface area is 238 Å². The number of ether oxygens (including phenoxy) is 2. The van der Waals surface area contributed by atoms with E-state index in [1.54, 1.807) is 24.4 Å². The number of terminal acetylenes is 1. The van der Waals surface area contributed by atoms with Gasteiger partial charge in [-0.15, -0.1) is 12.8 Å². The Balaban J connectivity index is -0.000000697. The largest absolute Gasteiger partial charge is 0.491 e. The van der Waals surface area contributed by atoms with Crippen LogP contribution in [0.2, 0.25) is 0 Å². The molecule has 0 aromatic heterocycles. The summed E-state index contributed by atoms with van der Waals surface area (Å²) in [7, 11) is 3.08. The highest BCUT2D eigenvalue weighted by Gasteiger charge is 2.15. The number of carboxylic acids is 1. The molecule has 3 atom stereocenters. The first-order valence-corrected chi connectivity index (χ1v) is 13.7. The van der Waals surface area contributed by atoms with Crippen molar-refractivity contribution < 1.29 is 29.6 Å². The molecule has 0 fully saturated rings. The molecule has 0 aliphatic rings. The zero-order valence-corrected chi connectivity index (χ0v) is 25.8. The summed E-state index contributed by atoms with van der Waals surface area (Å²) in [6.45, 7) is 15.8. The number of allylic oxidation sites excluding steroid dienone is 1. The van der Waals surface area contributed by atoms with Gasteiger partial charge in [0.15, 0.2) is 6.29 Å². The summed E-state index contributed by atoms with van der Waals surface area (Å²) in [4.78, 5) is 13.4. The quantitative estimate of drug-likeness (QED) is 0.112. The molecular formula is C30H57N3O6. The van der Waals surface area contributed by atoms with Crippen molar-refractivity contribution in [3.05, 3.63) is 41.7 Å². The number of aromatic carboxylic acids is 1. The highest BCUT2D eigenvalue weighted by Crippen LogP contribution is 2.17. The van der Waals surface area contributed by atoms with Crippen LogP contribution in [0.4, 0.5) is 0 Å². The standard InChI is InChI=1S/C23H39N3O5.2C2H6.C2H2.CH4O/c1-5-22(27)31-18(3)15-17(2)26(4)13-8-9-19(24)16-25-12-14-30-21-11-7-6-10-20(21)23(28)29;4*1-2/h6-7,10-11,16-18,22,25,27H,5,8-9,12-15,24H2,1-4H3,(H,28,29);2*1-2H3;1-2H;2H,1H3/b19-16-;;;;/t17-,18-,22-;;;;/m1..../s1. The maximum absolute atomic E-state index is 11.2. The molecule has 1 aromatic rings. The van der Waals surface area contributed by atoms with E-state index in [0.29, 0.717) is 31.4 Å². The number of carboxylic acid groups (broad SMARTS) is 1. The Morgan fingerprint density at radius 3 is 2.26 bits per heavy atom. The van der Waals surface area contributed by atoms with Crippen LogP contribution >= 0.6 is 0 Å². The molecule has 0 unspecified atom stereocenters. The van der Waals surface area contributed by atoms with Crippen LogP contribution in [0, 0.1) is 12.8 Å². The summed E-state index contributed by atoms with van der Waals surface area (Å²) >= 11 is 0. The molecule has 0 amide bonds. The molecule has 0 saturated heterocycles. The Morgan fingerprint density at radius 1 is 1.15 bits per heavy atom. The molecule has 0 saturated carbocycles. The minimum atomic E-state index is -1.01. The monoisotopic (exact) mass is 555 g/mol. The summed E-state index contributed by atoms with van der Waals surface area (Å²) < 4.78 is 11.1. The van der Waals surface area contributed by atoms with Crippen LogP contribution in [0.15, 0.2) is 36.2 Å². The Morgan fingerprint density at radius 2 is 1.72 bits per heavy atom. The van der Waals surface area contributed by atoms with Crippen LogP contribution < -0.4 is 15.8 Å². The third kappa shape index (κ3) is 24.0. The Kier molecular flexibility index (Phi) is 34.9. The highest BCUT2D eigenvalue weighted by molar-refractivity contribution is 5.90. The topological polar surface area (TPSA) is 138 Å². The molecule has 0 bridgehead atoms. The summed E-state index contributed by atoms with van der Waals surface area (Å²) in [6.07, 6.45) is 12.2. The zero-order valence-electron chi connectivity index (χ0n) is 25.8. The number of nitrogens with one attached hydrogen (secondary N) is 1. The number of nitrogens with two attached hydrogens (primary N) is 1. The van der Waals surface area contributed by atoms with Gasteiger partial charge in [0.05, 0.1) is 6.10 Å². The lowest BCUT2D eigenvalue weighted by molar-refractivity contribution is -0.136. The average molecular weight is 556 g/mol. The van der Waals surface area contributed by atoms with Crippen molar-refractivity contribution in [2.75, 3.05) is 33.9 Å². The van der Waals surface area contributed by atoms with E-state index in [2.05, 4.69) is 37.0 Å². The van der Waals surface area contributed by atoms with E-state index in [1.807, 2.05) is 41.5 Å². The van der Waals surface area contributed by atoms with E-state index in [9.17, 15) is 9.90 Å². The van der Waals surface area contributed by atoms with E-state index >= 15 is 0 Å². The van der Waals surface area contributed by atoms with Crippen molar-refractivity contribution in [2.45, 2.75) is 92.6 Å². The molecule has 0 aliphatic heterocycles. The molecular weight excluding hydrogens is 498 g/mol. The number of benzene rings is 1. The van der Waals surface area contributed by atoms with Crippen molar-refractivity contribution in [3.8, 4) is 18.6 Å². The number of rotatable bonds is 16. The van der Waals surface area contributed by atoms with Gasteiger partial charge in [-0.3, -0.25) is 0 Å². The second-order valence-electron chi connectivity index (χ2n) is 7.80. The van der Waals surface area contributed by atoms with Crippen LogP contribution in [0.3, 0.4) is 0 Å². The van der Waals surface area contributed by atoms with Crippen molar-refractivity contribution in [2.24, 2.45) is 5.73 Å². The van der Waals surface area contributed by atoms with Gasteiger partial charge in [-0.2, -0.15) is 0 Å². The second kappa shape index (κ2) is 31.4. The molecule has 9 nitrogen and oxygen atoms in total. The minimum absolute atomic E-state index is 0.00579. The number of carbonyl (C=O) groups is 1. The average Bonchev–Trinajstić information content (AvgIpc) is 2.97. The fourth-order valence-corrected chi connectivity index (χ4v) is 3.10. The molecule has 0 spiro atoms. The third-order valence-electron chi connectivity index (χ3n) is 5.05. The first kappa shape index (κ1) is 43.3. The number of aliphatic hydroxyl groups is 2. The molecule has 228 valence electrons. The van der Waals surface area contributed by atoms with Gasteiger partial charge in [0.2, 0.25) is 0 Å². The van der Waals surface area contributed by atoms with Crippen molar-refractivity contribution in [1.82, 2.24) is 10.2 Å². The number of aliphatic hydroxyl groups excluding tert-OH is 2. The lowest BCUT2D eigenvalue weighted by atomic mass is 10.1. The van der Waals surface area contributed by atoms with Gasteiger partial charge in [0.1, 0.15) is 17.9 Å². The van der Waals surface area contributed by atoms with E-state index in [-0.39, 0.29) is 11.7 Å². The maximum Gasteiger partial charge on any atom is 0.339 e. The second-order valence-corrected chi connectivity index (χ2v) is 7.80. The Bertz CT molecular complexity index is 728. The minimum Gasteiger partial charge on any atom is -0.491 e. The molecule has 0 aliphatic carbocycles. The van der Waals surface area contributed by atoms with E-state index in [0.717, 1.165) is 38.6 Å². The molecule has 0 radical (unpaired) electrons. The highest BCUT2D eigenvalue weighted by atomic mass is 16.6. The SMILES string of the molecule is C#C.CC.CC.CC[C@H](O)O[C@H](C)C[C@@H](C)N(C)CCC/C(N)=C/NCCOc1ccccc1C(=O)O.CO. The fraction of sp³-hybridized carbons (Fsp3) is 0.633. The predicted octanol–water partition coefficient (Wildman–Crippen LogP) is 4.69.